The van der Waals surface area contributed by atoms with E-state index in [0.29, 0.717) is 19.4 Å². The molecule has 204 valence electrons. The molecular formula is C29H30F2N3O5+. The van der Waals surface area contributed by atoms with Crippen molar-refractivity contribution in [3.63, 3.8) is 0 Å². The number of amides is 2. The fourth-order valence-corrected chi connectivity index (χ4v) is 6.02. The van der Waals surface area contributed by atoms with Crippen LogP contribution in [0, 0.1) is 11.6 Å². The summed E-state index contributed by atoms with van der Waals surface area (Å²) in [7, 11) is 0. The van der Waals surface area contributed by atoms with Gasteiger partial charge in [-0.25, -0.2) is 13.3 Å². The highest BCUT2D eigenvalue weighted by Crippen LogP contribution is 2.55. The van der Waals surface area contributed by atoms with Crippen molar-refractivity contribution in [1.29, 1.82) is 0 Å². The minimum atomic E-state index is -1.08. The zero-order valence-electron chi connectivity index (χ0n) is 21.7. The van der Waals surface area contributed by atoms with E-state index in [1.807, 2.05) is 44.2 Å². The van der Waals surface area contributed by atoms with Gasteiger partial charge in [-0.3, -0.25) is 14.4 Å². The summed E-state index contributed by atoms with van der Waals surface area (Å²) in [6, 6.07) is 12.4. The third-order valence-electron chi connectivity index (χ3n) is 8.07. The Hall–Kier alpha value is -3.89. The van der Waals surface area contributed by atoms with Crippen LogP contribution in [0.2, 0.25) is 0 Å². The molecule has 2 aromatic carbocycles. The number of ether oxygens (including phenoxy) is 1. The summed E-state index contributed by atoms with van der Waals surface area (Å²) in [5.41, 5.74) is 4.93. The van der Waals surface area contributed by atoms with Crippen LogP contribution < -0.4 is 5.73 Å². The maximum Gasteiger partial charge on any atom is 0.313 e. The fourth-order valence-electron chi connectivity index (χ4n) is 6.02. The molecule has 1 aliphatic carbocycles. The van der Waals surface area contributed by atoms with Crippen molar-refractivity contribution in [1.82, 2.24) is 4.90 Å². The van der Waals surface area contributed by atoms with Gasteiger partial charge in [-0.1, -0.05) is 30.3 Å². The summed E-state index contributed by atoms with van der Waals surface area (Å²) < 4.78 is 34.4. The first-order valence-corrected chi connectivity index (χ1v) is 12.8. The minimum Gasteiger partial charge on any atom is -0.500 e. The van der Waals surface area contributed by atoms with E-state index in [1.165, 1.54) is 12.3 Å². The third-order valence-corrected chi connectivity index (χ3v) is 8.07. The van der Waals surface area contributed by atoms with Gasteiger partial charge >= 0.3 is 5.91 Å². The van der Waals surface area contributed by atoms with Gasteiger partial charge in [0, 0.05) is 30.5 Å². The molecule has 8 nitrogen and oxygen atoms in total. The lowest BCUT2D eigenvalue weighted by molar-refractivity contribution is -0.919. The lowest BCUT2D eigenvalue weighted by Crippen LogP contribution is -2.78. The van der Waals surface area contributed by atoms with Gasteiger partial charge in [-0.15, -0.1) is 0 Å². The predicted molar refractivity (Wildman–Crippen MR) is 136 cm³/mol. The largest absolute Gasteiger partial charge is 0.500 e. The molecule has 0 aromatic heterocycles. The Kier molecular flexibility index (Phi) is 6.64. The summed E-state index contributed by atoms with van der Waals surface area (Å²) in [4.78, 5) is 40.7. The number of carbonyl (C=O) groups is 3. The van der Waals surface area contributed by atoms with E-state index in [4.69, 9.17) is 10.5 Å². The van der Waals surface area contributed by atoms with Gasteiger partial charge in [0.05, 0.1) is 19.3 Å². The van der Waals surface area contributed by atoms with Crippen molar-refractivity contribution in [2.24, 2.45) is 5.73 Å². The van der Waals surface area contributed by atoms with Crippen LogP contribution in [-0.4, -0.2) is 56.3 Å². The number of nitrogens with two attached hydrogens (primary N) is 1. The van der Waals surface area contributed by atoms with Gasteiger partial charge in [0.15, 0.2) is 0 Å². The highest BCUT2D eigenvalue weighted by molar-refractivity contribution is 6.26. The molecule has 1 saturated carbocycles. The minimum absolute atomic E-state index is 0.0509. The number of primary amides is 1. The number of hydrogen-bond donors (Lipinski definition) is 2. The molecule has 3 N–H and O–H groups in total. The van der Waals surface area contributed by atoms with Crippen molar-refractivity contribution in [2.75, 3.05) is 6.54 Å². The molecule has 1 spiro atoms. The first-order chi connectivity index (χ1) is 18.5. The molecule has 2 aromatic rings. The summed E-state index contributed by atoms with van der Waals surface area (Å²) in [6.45, 7) is 3.94. The average molecular weight is 539 g/mol. The molecule has 0 bridgehead atoms. The van der Waals surface area contributed by atoms with Crippen molar-refractivity contribution < 1.29 is 37.5 Å². The lowest BCUT2D eigenvalue weighted by Gasteiger charge is -2.62. The van der Waals surface area contributed by atoms with E-state index < -0.39 is 50.6 Å². The first-order valence-electron chi connectivity index (χ1n) is 12.8. The van der Waals surface area contributed by atoms with Crippen molar-refractivity contribution in [3.05, 3.63) is 94.5 Å². The van der Waals surface area contributed by atoms with Gasteiger partial charge in [0.25, 0.3) is 5.91 Å². The molecule has 2 heterocycles. The number of nitrogens with zero attached hydrogens (tertiary/aromatic N) is 2. The number of Topliss-reactive ketones (excluding diaryl/α,β-unsaturated/α-hetero) is 1. The highest BCUT2D eigenvalue weighted by atomic mass is 19.1. The normalized spacial score (nSPS) is 26.5. The topological polar surface area (TPSA) is 110 Å². The number of hydrogen-bond acceptors (Lipinski definition) is 5. The zero-order chi connectivity index (χ0) is 28.1. The number of piperazine rings is 1. The fraction of sp³-hybridized carbons (Fsp3) is 0.345. The Balaban J connectivity index is 1.63. The number of rotatable bonds is 7. The average Bonchev–Trinajstić information content (AvgIpc) is 2.86. The number of aliphatic hydroxyl groups excluding tert-OH is 1. The molecule has 2 amide bonds. The van der Waals surface area contributed by atoms with Gasteiger partial charge < -0.3 is 20.5 Å². The molecule has 2 aliphatic heterocycles. The maximum absolute atomic E-state index is 15.0. The first kappa shape index (κ1) is 26.7. The highest BCUT2D eigenvalue weighted by Gasteiger charge is 2.69. The van der Waals surface area contributed by atoms with Crippen LogP contribution in [0.3, 0.4) is 0 Å². The van der Waals surface area contributed by atoms with Crippen LogP contribution in [0.4, 0.5) is 8.78 Å². The van der Waals surface area contributed by atoms with E-state index in [1.54, 1.807) is 4.90 Å². The Morgan fingerprint density at radius 2 is 1.87 bits per heavy atom. The Morgan fingerprint density at radius 1 is 1.18 bits per heavy atom. The number of quaternary nitrogens is 1. The van der Waals surface area contributed by atoms with Crippen molar-refractivity contribution >= 4 is 17.6 Å². The van der Waals surface area contributed by atoms with Crippen LogP contribution in [-0.2, 0) is 32.3 Å². The van der Waals surface area contributed by atoms with Crippen LogP contribution in [0.25, 0.3) is 0 Å². The van der Waals surface area contributed by atoms with Crippen molar-refractivity contribution in [2.45, 2.75) is 57.5 Å². The second-order valence-electron chi connectivity index (χ2n) is 10.8. The molecule has 2 fully saturated rings. The lowest BCUT2D eigenvalue weighted by atomic mass is 9.67. The molecule has 5 rings (SSSR count). The molecule has 1 saturated heterocycles. The molecule has 1 atom stereocenters. The smallest absolute Gasteiger partial charge is 0.313 e. The number of aliphatic hydroxyl groups is 1. The second kappa shape index (κ2) is 9.69. The predicted octanol–water partition coefficient (Wildman–Crippen LogP) is 3.37. The van der Waals surface area contributed by atoms with E-state index in [2.05, 4.69) is 0 Å². The second-order valence-corrected chi connectivity index (χ2v) is 10.8. The number of carbonyl (C=O) groups excluding carboxylic acids is 3. The molecule has 1 unspecified atom stereocenters. The summed E-state index contributed by atoms with van der Waals surface area (Å²) in [5, 5.41) is 11.1. The van der Waals surface area contributed by atoms with E-state index in [0.717, 1.165) is 17.7 Å². The molecule has 39 heavy (non-hydrogen) atoms. The molecule has 3 aliphatic rings. The van der Waals surface area contributed by atoms with Crippen LogP contribution in [0.5, 0.6) is 0 Å². The number of halogens is 2. The Morgan fingerprint density at radius 3 is 2.49 bits per heavy atom. The van der Waals surface area contributed by atoms with Gasteiger partial charge in [0.2, 0.25) is 17.2 Å². The van der Waals surface area contributed by atoms with E-state index in [9.17, 15) is 23.9 Å². The Bertz CT molecular complexity index is 1420. The number of benzene rings is 2. The monoisotopic (exact) mass is 538 g/mol. The summed E-state index contributed by atoms with van der Waals surface area (Å²) in [6.07, 6.45) is 1.80. The van der Waals surface area contributed by atoms with Gasteiger partial charge in [0.1, 0.15) is 35.5 Å². The standard InChI is InChI=1S/C29H29F2N3O5/c1-17(2)33-16-29(11-21(12-29)39-15-18-6-4-3-5-7-18)34(13-19-8-9-20(30)10-23(19)31)14-22(27(32)37)25(35)26(36)24(34)28(33)38/h3-10,14,17,21H,11-13,15-16H2,1-2H3,(H2-,32,36,37,38)/p+1. The number of fused-ring (bicyclic) bond motifs is 2. The van der Waals surface area contributed by atoms with E-state index >= 15 is 4.39 Å². The number of ketones is 1. The van der Waals surface area contributed by atoms with Gasteiger partial charge in [-0.2, -0.15) is 0 Å². The van der Waals surface area contributed by atoms with Crippen molar-refractivity contribution in [3.8, 4) is 0 Å². The molecule has 10 heteroatoms. The van der Waals surface area contributed by atoms with Crippen LogP contribution >= 0.6 is 0 Å². The Labute approximate surface area is 224 Å². The molecular weight excluding hydrogens is 508 g/mol. The third kappa shape index (κ3) is 4.33. The van der Waals surface area contributed by atoms with E-state index in [-0.39, 0.29) is 36.5 Å². The van der Waals surface area contributed by atoms with Crippen LogP contribution in [0.15, 0.2) is 71.8 Å². The SMILES string of the molecule is CC(C)N1CC2(CC(OCc3ccccc3)C2)[N+]2(Cc3ccc(F)cc3F)C=C(C(N)=O)C(=O)C(O)=C2C1=O. The van der Waals surface area contributed by atoms with Gasteiger partial charge in [-0.05, 0) is 31.5 Å². The zero-order valence-corrected chi connectivity index (χ0v) is 21.7. The summed E-state index contributed by atoms with van der Waals surface area (Å²) in [5.74, 6) is -5.25. The summed E-state index contributed by atoms with van der Waals surface area (Å²) >= 11 is 0. The quantitative estimate of drug-likeness (QED) is 0.415. The van der Waals surface area contributed by atoms with Crippen LogP contribution in [0.1, 0.15) is 37.8 Å². The molecule has 0 radical (unpaired) electrons. The number of allylic oxidation sites excluding steroid dienone is 1. The maximum atomic E-state index is 15.0.